The first-order chi connectivity index (χ1) is 11.8. The molecule has 0 bridgehead atoms. The molecular formula is C19H27BN2O3. The second-order valence-corrected chi connectivity index (χ2v) is 8.27. The fourth-order valence-corrected chi connectivity index (χ4v) is 3.68. The average Bonchev–Trinajstić information content (AvgIpc) is 3.07. The van der Waals surface area contributed by atoms with E-state index >= 15 is 0 Å². The summed E-state index contributed by atoms with van der Waals surface area (Å²) in [6.45, 7) is 11.3. The number of benzene rings is 1. The average molecular weight is 342 g/mol. The molecule has 0 saturated carbocycles. The van der Waals surface area contributed by atoms with Crippen molar-refractivity contribution in [3.63, 3.8) is 0 Å². The minimum absolute atomic E-state index is 0.0487. The molecule has 1 unspecified atom stereocenters. The molecule has 4 rings (SSSR count). The van der Waals surface area contributed by atoms with Gasteiger partial charge in [-0.25, -0.2) is 4.68 Å². The van der Waals surface area contributed by atoms with Gasteiger partial charge in [-0.1, -0.05) is 12.1 Å². The summed E-state index contributed by atoms with van der Waals surface area (Å²) in [5.41, 5.74) is 2.70. The predicted molar refractivity (Wildman–Crippen MR) is 99.0 cm³/mol. The van der Waals surface area contributed by atoms with Crippen LogP contribution in [0.5, 0.6) is 0 Å². The number of rotatable bonds is 2. The molecule has 1 aromatic carbocycles. The summed E-state index contributed by atoms with van der Waals surface area (Å²) in [6.07, 6.45) is 5.33. The number of nitrogens with zero attached hydrogens (tertiary/aromatic N) is 2. The van der Waals surface area contributed by atoms with E-state index in [-0.39, 0.29) is 24.5 Å². The van der Waals surface area contributed by atoms with Crippen molar-refractivity contribution in [1.82, 2.24) is 9.78 Å². The van der Waals surface area contributed by atoms with Crippen molar-refractivity contribution in [1.29, 1.82) is 0 Å². The lowest BCUT2D eigenvalue weighted by Gasteiger charge is -2.32. The standard InChI is InChI=1S/C19H27BN2O3/c1-13-10-15(20-24-18(2,3)19(4,5)25-20)11-14-12-21-22(17(13)14)16-8-6-7-9-23-16/h10-12,16H,6-9H2,1-5H3. The van der Waals surface area contributed by atoms with Crippen molar-refractivity contribution in [2.75, 3.05) is 6.61 Å². The summed E-state index contributed by atoms with van der Waals surface area (Å²) in [5, 5.41) is 5.72. The van der Waals surface area contributed by atoms with Crippen LogP contribution < -0.4 is 5.46 Å². The van der Waals surface area contributed by atoms with Gasteiger partial charge in [0.05, 0.1) is 22.9 Å². The van der Waals surface area contributed by atoms with Gasteiger partial charge in [-0.15, -0.1) is 0 Å². The lowest BCUT2D eigenvalue weighted by Crippen LogP contribution is -2.41. The van der Waals surface area contributed by atoms with Gasteiger partial charge < -0.3 is 14.0 Å². The van der Waals surface area contributed by atoms with Gasteiger partial charge in [-0.3, -0.25) is 0 Å². The maximum atomic E-state index is 6.20. The topological polar surface area (TPSA) is 45.5 Å². The van der Waals surface area contributed by atoms with Gasteiger partial charge >= 0.3 is 7.12 Å². The lowest BCUT2D eigenvalue weighted by atomic mass is 9.78. The smallest absolute Gasteiger partial charge is 0.399 e. The van der Waals surface area contributed by atoms with Crippen LogP contribution in [0.15, 0.2) is 18.3 Å². The molecule has 2 saturated heterocycles. The Hall–Kier alpha value is -1.37. The Morgan fingerprint density at radius 1 is 1.12 bits per heavy atom. The van der Waals surface area contributed by atoms with Crippen LogP contribution in [0.2, 0.25) is 0 Å². The van der Waals surface area contributed by atoms with Gasteiger partial charge in [0, 0.05) is 12.0 Å². The molecule has 1 atom stereocenters. The zero-order chi connectivity index (χ0) is 17.8. The molecule has 1 aromatic heterocycles. The Bertz CT molecular complexity index is 777. The third-order valence-electron chi connectivity index (χ3n) is 5.86. The second-order valence-electron chi connectivity index (χ2n) is 8.27. The number of aryl methyl sites for hydroxylation is 1. The summed E-state index contributed by atoms with van der Waals surface area (Å²) in [7, 11) is -0.345. The highest BCUT2D eigenvalue weighted by atomic mass is 16.7. The van der Waals surface area contributed by atoms with Crippen molar-refractivity contribution in [3.8, 4) is 0 Å². The molecule has 2 aliphatic rings. The molecule has 3 heterocycles. The fourth-order valence-electron chi connectivity index (χ4n) is 3.68. The fraction of sp³-hybridized carbons (Fsp3) is 0.632. The van der Waals surface area contributed by atoms with E-state index in [1.54, 1.807) is 0 Å². The molecule has 0 spiro atoms. The molecule has 134 valence electrons. The Labute approximate surface area is 149 Å². The van der Waals surface area contributed by atoms with E-state index in [1.165, 1.54) is 12.0 Å². The minimum atomic E-state index is -0.345. The van der Waals surface area contributed by atoms with Crippen molar-refractivity contribution >= 4 is 23.5 Å². The van der Waals surface area contributed by atoms with Crippen LogP contribution in [0, 0.1) is 6.92 Å². The van der Waals surface area contributed by atoms with Gasteiger partial charge in [-0.2, -0.15) is 5.10 Å². The Balaban J connectivity index is 1.70. The first-order valence-corrected chi connectivity index (χ1v) is 9.23. The highest BCUT2D eigenvalue weighted by molar-refractivity contribution is 6.62. The SMILES string of the molecule is Cc1cc(B2OC(C)(C)C(C)(C)O2)cc2cnn(C3CCCCO3)c12. The number of hydrogen-bond donors (Lipinski definition) is 0. The van der Waals surface area contributed by atoms with Gasteiger partial charge in [0.1, 0.15) is 0 Å². The maximum Gasteiger partial charge on any atom is 0.494 e. The zero-order valence-electron chi connectivity index (χ0n) is 15.8. The van der Waals surface area contributed by atoms with E-state index in [9.17, 15) is 0 Å². The number of hydrogen-bond acceptors (Lipinski definition) is 4. The summed E-state index contributed by atoms with van der Waals surface area (Å²) < 4.78 is 20.4. The van der Waals surface area contributed by atoms with Gasteiger partial charge in [0.2, 0.25) is 0 Å². The summed E-state index contributed by atoms with van der Waals surface area (Å²) in [5.74, 6) is 0. The Morgan fingerprint density at radius 2 is 1.84 bits per heavy atom. The summed E-state index contributed by atoms with van der Waals surface area (Å²) in [6, 6.07) is 4.29. The third kappa shape index (κ3) is 2.80. The van der Waals surface area contributed by atoms with Crippen LogP contribution >= 0.6 is 0 Å². The molecular weight excluding hydrogens is 315 g/mol. The van der Waals surface area contributed by atoms with E-state index in [4.69, 9.17) is 14.0 Å². The van der Waals surface area contributed by atoms with Gasteiger partial charge in [0.15, 0.2) is 6.23 Å². The van der Waals surface area contributed by atoms with Gasteiger partial charge in [0.25, 0.3) is 0 Å². The second kappa shape index (κ2) is 5.83. The quantitative estimate of drug-likeness (QED) is 0.786. The van der Waals surface area contributed by atoms with Crippen LogP contribution in [0.25, 0.3) is 10.9 Å². The van der Waals surface area contributed by atoms with Crippen molar-refractivity contribution in [2.45, 2.75) is 71.3 Å². The van der Waals surface area contributed by atoms with E-state index in [0.717, 1.165) is 35.8 Å². The summed E-state index contributed by atoms with van der Waals surface area (Å²) >= 11 is 0. The number of aromatic nitrogens is 2. The van der Waals surface area contributed by atoms with Crippen molar-refractivity contribution < 1.29 is 14.0 Å². The van der Waals surface area contributed by atoms with Crippen LogP contribution in [0.1, 0.15) is 58.7 Å². The first kappa shape index (κ1) is 17.1. The number of ether oxygens (including phenoxy) is 1. The molecule has 2 aromatic rings. The van der Waals surface area contributed by atoms with Crippen LogP contribution in [0.3, 0.4) is 0 Å². The molecule has 0 amide bonds. The third-order valence-corrected chi connectivity index (χ3v) is 5.86. The maximum absolute atomic E-state index is 6.20. The molecule has 25 heavy (non-hydrogen) atoms. The number of fused-ring (bicyclic) bond motifs is 1. The van der Waals surface area contributed by atoms with Gasteiger partial charge in [-0.05, 0) is 64.9 Å². The predicted octanol–water partition coefficient (Wildman–Crippen LogP) is 3.34. The van der Waals surface area contributed by atoms with Crippen LogP contribution in [-0.4, -0.2) is 34.7 Å². The van der Waals surface area contributed by atoms with E-state index in [2.05, 4.69) is 51.9 Å². The van der Waals surface area contributed by atoms with Crippen LogP contribution in [0.4, 0.5) is 0 Å². The monoisotopic (exact) mass is 342 g/mol. The molecule has 0 aliphatic carbocycles. The molecule has 2 aliphatic heterocycles. The molecule has 0 N–H and O–H groups in total. The van der Waals surface area contributed by atoms with E-state index in [1.807, 2.05) is 10.9 Å². The molecule has 6 heteroatoms. The van der Waals surface area contributed by atoms with Crippen molar-refractivity contribution in [2.24, 2.45) is 0 Å². The largest absolute Gasteiger partial charge is 0.494 e. The molecule has 2 fully saturated rings. The Kier molecular flexibility index (Phi) is 3.98. The van der Waals surface area contributed by atoms with E-state index in [0.29, 0.717) is 0 Å². The summed E-state index contributed by atoms with van der Waals surface area (Å²) in [4.78, 5) is 0. The van der Waals surface area contributed by atoms with E-state index < -0.39 is 0 Å². The minimum Gasteiger partial charge on any atom is -0.399 e. The van der Waals surface area contributed by atoms with Crippen LogP contribution in [-0.2, 0) is 14.0 Å². The lowest BCUT2D eigenvalue weighted by molar-refractivity contribution is -0.0367. The zero-order valence-corrected chi connectivity index (χ0v) is 15.8. The molecule has 5 nitrogen and oxygen atoms in total. The first-order valence-electron chi connectivity index (χ1n) is 9.23. The van der Waals surface area contributed by atoms with Crippen molar-refractivity contribution in [3.05, 3.63) is 23.9 Å². The normalized spacial score (nSPS) is 25.6. The highest BCUT2D eigenvalue weighted by Gasteiger charge is 2.51. The Morgan fingerprint density at radius 3 is 2.48 bits per heavy atom. The highest BCUT2D eigenvalue weighted by Crippen LogP contribution is 2.37. The molecule has 0 radical (unpaired) electrons.